The van der Waals surface area contributed by atoms with Crippen molar-refractivity contribution in [3.8, 4) is 17.1 Å². The number of aromatic nitrogens is 2. The van der Waals surface area contributed by atoms with Gasteiger partial charge in [-0.1, -0.05) is 25.4 Å². The van der Waals surface area contributed by atoms with Crippen LogP contribution in [0.5, 0.6) is 5.75 Å². The van der Waals surface area contributed by atoms with Gasteiger partial charge in [0, 0.05) is 5.56 Å². The number of hydrogen-bond acceptors (Lipinski definition) is 3. The van der Waals surface area contributed by atoms with Gasteiger partial charge in [0.05, 0.1) is 16.8 Å². The van der Waals surface area contributed by atoms with Crippen molar-refractivity contribution in [3.63, 3.8) is 0 Å². The molecule has 0 N–H and O–H groups in total. The molecule has 3 nitrogen and oxygen atoms in total. The second kappa shape index (κ2) is 6.55. The highest BCUT2D eigenvalue weighted by Gasteiger charge is 2.14. The van der Waals surface area contributed by atoms with Crippen molar-refractivity contribution in [2.45, 2.75) is 26.7 Å². The maximum atomic E-state index is 6.17. The van der Waals surface area contributed by atoms with Crippen LogP contribution in [-0.4, -0.2) is 16.6 Å². The molecular weight excluding hydrogens is 340 g/mol. The second-order valence-electron chi connectivity index (χ2n) is 4.65. The van der Waals surface area contributed by atoms with Crippen LogP contribution in [0.4, 0.5) is 0 Å². The van der Waals surface area contributed by atoms with Gasteiger partial charge in [-0.15, -0.1) is 0 Å². The van der Waals surface area contributed by atoms with Crippen molar-refractivity contribution in [1.29, 1.82) is 0 Å². The molecule has 20 heavy (non-hydrogen) atoms. The van der Waals surface area contributed by atoms with E-state index in [1.54, 1.807) is 0 Å². The lowest BCUT2D eigenvalue weighted by Crippen LogP contribution is -2.00. The van der Waals surface area contributed by atoms with Crippen LogP contribution in [0.15, 0.2) is 28.7 Å². The van der Waals surface area contributed by atoms with Crippen LogP contribution < -0.4 is 4.74 Å². The SMILES string of the molecule is CCOc1ccc(-c2nc(Cl)c(Br)c(C(C)C)n2)cc1. The smallest absolute Gasteiger partial charge is 0.161 e. The normalized spacial score (nSPS) is 10.9. The molecule has 106 valence electrons. The molecule has 1 aromatic carbocycles. The summed E-state index contributed by atoms with van der Waals surface area (Å²) >= 11 is 9.61. The molecule has 1 aromatic heterocycles. The van der Waals surface area contributed by atoms with Gasteiger partial charge in [-0.2, -0.15) is 0 Å². The Labute approximate surface area is 132 Å². The first kappa shape index (κ1) is 15.3. The Kier molecular flexibility index (Phi) is 5.00. The molecule has 0 aliphatic heterocycles. The molecule has 0 bridgehead atoms. The summed E-state index contributed by atoms with van der Waals surface area (Å²) in [4.78, 5) is 8.92. The highest BCUT2D eigenvalue weighted by atomic mass is 79.9. The highest BCUT2D eigenvalue weighted by molar-refractivity contribution is 9.10. The first-order chi connectivity index (χ1) is 9.52. The van der Waals surface area contributed by atoms with Crippen molar-refractivity contribution < 1.29 is 4.74 Å². The first-order valence-corrected chi connectivity index (χ1v) is 7.66. The third kappa shape index (κ3) is 3.30. The van der Waals surface area contributed by atoms with E-state index in [1.165, 1.54) is 0 Å². The lowest BCUT2D eigenvalue weighted by atomic mass is 10.1. The molecule has 0 saturated heterocycles. The molecule has 0 saturated carbocycles. The minimum absolute atomic E-state index is 0.270. The van der Waals surface area contributed by atoms with Crippen LogP contribution in [0.1, 0.15) is 32.4 Å². The summed E-state index contributed by atoms with van der Waals surface area (Å²) in [6, 6.07) is 7.70. The summed E-state index contributed by atoms with van der Waals surface area (Å²) in [6.45, 7) is 6.76. The van der Waals surface area contributed by atoms with Crippen LogP contribution in [-0.2, 0) is 0 Å². The van der Waals surface area contributed by atoms with Gasteiger partial charge in [0.25, 0.3) is 0 Å². The van der Waals surface area contributed by atoms with Gasteiger partial charge in [0.15, 0.2) is 5.82 Å². The van der Waals surface area contributed by atoms with Crippen molar-refractivity contribution >= 4 is 27.5 Å². The maximum absolute atomic E-state index is 6.17. The quantitative estimate of drug-likeness (QED) is 0.717. The highest BCUT2D eigenvalue weighted by Crippen LogP contribution is 2.31. The van der Waals surface area contributed by atoms with E-state index in [2.05, 4.69) is 39.7 Å². The summed E-state index contributed by atoms with van der Waals surface area (Å²) in [5.41, 5.74) is 1.83. The van der Waals surface area contributed by atoms with Gasteiger partial charge in [-0.3, -0.25) is 0 Å². The molecule has 1 heterocycles. The molecule has 2 aromatic rings. The van der Waals surface area contributed by atoms with E-state index in [1.807, 2.05) is 31.2 Å². The van der Waals surface area contributed by atoms with Crippen molar-refractivity contribution in [2.75, 3.05) is 6.61 Å². The molecule has 0 amide bonds. The summed E-state index contributed by atoms with van der Waals surface area (Å²) in [5.74, 6) is 1.74. The molecular formula is C15H16BrClN2O. The lowest BCUT2D eigenvalue weighted by molar-refractivity contribution is 0.340. The fourth-order valence-corrected chi connectivity index (χ4v) is 2.63. The third-order valence-corrected chi connectivity index (χ3v) is 4.09. The number of rotatable bonds is 4. The maximum Gasteiger partial charge on any atom is 0.161 e. The molecule has 2 rings (SSSR count). The van der Waals surface area contributed by atoms with E-state index in [-0.39, 0.29) is 5.92 Å². The number of nitrogens with zero attached hydrogens (tertiary/aromatic N) is 2. The third-order valence-electron chi connectivity index (χ3n) is 2.81. The predicted molar refractivity (Wildman–Crippen MR) is 85.4 cm³/mol. The molecule has 0 spiro atoms. The number of ether oxygens (including phenoxy) is 1. The second-order valence-corrected chi connectivity index (χ2v) is 5.80. The van der Waals surface area contributed by atoms with E-state index >= 15 is 0 Å². The van der Waals surface area contributed by atoms with Crippen LogP contribution >= 0.6 is 27.5 Å². The minimum atomic E-state index is 0.270. The van der Waals surface area contributed by atoms with Crippen molar-refractivity contribution in [2.24, 2.45) is 0 Å². The summed E-state index contributed by atoms with van der Waals surface area (Å²) in [5, 5.41) is 0.438. The topological polar surface area (TPSA) is 35.0 Å². The minimum Gasteiger partial charge on any atom is -0.494 e. The van der Waals surface area contributed by atoms with E-state index < -0.39 is 0 Å². The van der Waals surface area contributed by atoms with Gasteiger partial charge in [0.2, 0.25) is 0 Å². The molecule has 0 aliphatic rings. The van der Waals surface area contributed by atoms with Crippen LogP contribution in [0.3, 0.4) is 0 Å². The largest absolute Gasteiger partial charge is 0.494 e. The Morgan fingerprint density at radius 1 is 1.20 bits per heavy atom. The molecule has 0 radical (unpaired) electrons. The van der Waals surface area contributed by atoms with E-state index in [9.17, 15) is 0 Å². The van der Waals surface area contributed by atoms with Crippen LogP contribution in [0.2, 0.25) is 5.15 Å². The Morgan fingerprint density at radius 3 is 2.40 bits per heavy atom. The lowest BCUT2D eigenvalue weighted by Gasteiger charge is -2.11. The van der Waals surface area contributed by atoms with Crippen molar-refractivity contribution in [1.82, 2.24) is 9.97 Å². The van der Waals surface area contributed by atoms with Gasteiger partial charge >= 0.3 is 0 Å². The predicted octanol–water partition coefficient (Wildman–Crippen LogP) is 5.08. The molecule has 0 atom stereocenters. The monoisotopic (exact) mass is 354 g/mol. The zero-order chi connectivity index (χ0) is 14.7. The number of hydrogen-bond donors (Lipinski definition) is 0. The van der Waals surface area contributed by atoms with Gasteiger partial charge < -0.3 is 4.74 Å². The molecule has 0 unspecified atom stereocenters. The van der Waals surface area contributed by atoms with Gasteiger partial charge in [0.1, 0.15) is 10.9 Å². The van der Waals surface area contributed by atoms with E-state index in [0.29, 0.717) is 17.6 Å². The first-order valence-electron chi connectivity index (χ1n) is 6.49. The summed E-state index contributed by atoms with van der Waals surface area (Å²) in [7, 11) is 0. The number of halogens is 2. The summed E-state index contributed by atoms with van der Waals surface area (Å²) < 4.78 is 6.19. The standard InChI is InChI=1S/C15H16BrClN2O/c1-4-20-11-7-5-10(6-8-11)15-18-13(9(2)3)12(16)14(17)19-15/h5-9H,4H2,1-3H3. The fraction of sp³-hybridized carbons (Fsp3) is 0.333. The average Bonchev–Trinajstić information content (AvgIpc) is 2.42. The van der Waals surface area contributed by atoms with E-state index in [0.717, 1.165) is 21.5 Å². The van der Waals surface area contributed by atoms with Crippen molar-refractivity contribution in [3.05, 3.63) is 39.6 Å². The molecule has 5 heteroatoms. The average molecular weight is 356 g/mol. The Hall–Kier alpha value is -1.13. The van der Waals surface area contributed by atoms with E-state index in [4.69, 9.17) is 16.3 Å². The Bertz CT molecular complexity index is 600. The zero-order valence-electron chi connectivity index (χ0n) is 11.7. The van der Waals surface area contributed by atoms with Gasteiger partial charge in [-0.05, 0) is 53.0 Å². The molecule has 0 fully saturated rings. The Balaban J connectivity index is 2.42. The zero-order valence-corrected chi connectivity index (χ0v) is 14.0. The fourth-order valence-electron chi connectivity index (χ4n) is 1.81. The van der Waals surface area contributed by atoms with Crippen LogP contribution in [0.25, 0.3) is 11.4 Å². The summed E-state index contributed by atoms with van der Waals surface area (Å²) in [6.07, 6.45) is 0. The number of benzene rings is 1. The van der Waals surface area contributed by atoms with Gasteiger partial charge in [-0.25, -0.2) is 9.97 Å². The Morgan fingerprint density at radius 2 is 1.85 bits per heavy atom. The molecule has 0 aliphatic carbocycles. The van der Waals surface area contributed by atoms with Crippen LogP contribution in [0, 0.1) is 0 Å².